The fourth-order valence-electron chi connectivity index (χ4n) is 1.71. The van der Waals surface area contributed by atoms with E-state index in [0.29, 0.717) is 5.69 Å². The first-order chi connectivity index (χ1) is 8.06. The number of rotatable bonds is 5. The molecule has 0 bridgehead atoms. The van der Waals surface area contributed by atoms with Gasteiger partial charge in [-0.3, -0.25) is 4.79 Å². The summed E-state index contributed by atoms with van der Waals surface area (Å²) in [5, 5.41) is 0. The molecule has 3 heteroatoms. The summed E-state index contributed by atoms with van der Waals surface area (Å²) >= 11 is 0. The molecule has 1 rings (SSSR count). The van der Waals surface area contributed by atoms with Gasteiger partial charge < -0.3 is 10.6 Å². The van der Waals surface area contributed by atoms with Crippen LogP contribution in [0, 0.1) is 6.92 Å². The first kappa shape index (κ1) is 13.3. The molecule has 0 aliphatic heterocycles. The number of carbonyl (C=O) groups is 1. The number of hydrogen-bond donors (Lipinski definition) is 1. The molecule has 0 aliphatic carbocycles. The Morgan fingerprint density at radius 3 is 2.82 bits per heavy atom. The van der Waals surface area contributed by atoms with Crippen LogP contribution in [0.4, 0.5) is 5.69 Å². The van der Waals surface area contributed by atoms with E-state index in [1.54, 1.807) is 17.0 Å². The van der Waals surface area contributed by atoms with Crippen molar-refractivity contribution in [3.63, 3.8) is 0 Å². The Kier molecular flexibility index (Phi) is 4.76. The molecule has 0 unspecified atom stereocenters. The minimum Gasteiger partial charge on any atom is -0.399 e. The van der Waals surface area contributed by atoms with Crippen LogP contribution in [-0.2, 0) is 0 Å². The smallest absolute Gasteiger partial charge is 0.253 e. The Bertz CT molecular complexity index is 413. The molecule has 1 amide bonds. The average Bonchev–Trinajstić information content (AvgIpc) is 2.28. The van der Waals surface area contributed by atoms with Gasteiger partial charge in [0.05, 0.1) is 0 Å². The summed E-state index contributed by atoms with van der Waals surface area (Å²) in [7, 11) is 1.82. The topological polar surface area (TPSA) is 46.3 Å². The van der Waals surface area contributed by atoms with Crippen molar-refractivity contribution in [2.45, 2.75) is 19.8 Å². The minimum atomic E-state index is 0.0477. The lowest BCUT2D eigenvalue weighted by atomic mass is 10.1. The zero-order chi connectivity index (χ0) is 12.8. The van der Waals surface area contributed by atoms with Gasteiger partial charge >= 0.3 is 0 Å². The highest BCUT2D eigenvalue weighted by atomic mass is 16.2. The van der Waals surface area contributed by atoms with Crippen molar-refractivity contribution in [2.75, 3.05) is 19.3 Å². The molecular weight excluding hydrogens is 212 g/mol. The van der Waals surface area contributed by atoms with Gasteiger partial charge in [0, 0.05) is 24.8 Å². The van der Waals surface area contributed by atoms with Crippen LogP contribution in [0.25, 0.3) is 0 Å². The molecule has 0 aliphatic rings. The first-order valence-corrected chi connectivity index (χ1v) is 5.78. The zero-order valence-electron chi connectivity index (χ0n) is 10.6. The van der Waals surface area contributed by atoms with Crippen LogP contribution in [0.1, 0.15) is 28.8 Å². The molecule has 0 spiro atoms. The van der Waals surface area contributed by atoms with E-state index in [1.165, 1.54) is 0 Å². The molecule has 0 aromatic heterocycles. The molecule has 0 atom stereocenters. The largest absolute Gasteiger partial charge is 0.399 e. The van der Waals surface area contributed by atoms with Crippen LogP contribution in [0.3, 0.4) is 0 Å². The highest BCUT2D eigenvalue weighted by Crippen LogP contribution is 2.14. The number of nitrogen functional groups attached to an aromatic ring is 1. The summed E-state index contributed by atoms with van der Waals surface area (Å²) in [4.78, 5) is 13.9. The third-order valence-corrected chi connectivity index (χ3v) is 2.73. The van der Waals surface area contributed by atoms with Crippen LogP contribution in [0.5, 0.6) is 0 Å². The van der Waals surface area contributed by atoms with Gasteiger partial charge in [-0.2, -0.15) is 0 Å². The quantitative estimate of drug-likeness (QED) is 0.482. The van der Waals surface area contributed by atoms with Gasteiger partial charge in [0.2, 0.25) is 0 Å². The number of hydrogen-bond acceptors (Lipinski definition) is 2. The number of nitrogens with two attached hydrogens (primary N) is 1. The number of carbonyl (C=O) groups excluding carboxylic acids is 1. The van der Waals surface area contributed by atoms with Crippen LogP contribution in [0.15, 0.2) is 30.9 Å². The van der Waals surface area contributed by atoms with Crippen molar-refractivity contribution in [2.24, 2.45) is 0 Å². The molecule has 1 aromatic carbocycles. The van der Waals surface area contributed by atoms with E-state index in [0.717, 1.165) is 30.5 Å². The summed E-state index contributed by atoms with van der Waals surface area (Å²) in [6, 6.07) is 5.37. The van der Waals surface area contributed by atoms with Crippen molar-refractivity contribution in [1.82, 2.24) is 4.90 Å². The summed E-state index contributed by atoms with van der Waals surface area (Å²) in [5.74, 6) is 0.0477. The Morgan fingerprint density at radius 2 is 2.24 bits per heavy atom. The van der Waals surface area contributed by atoms with Crippen molar-refractivity contribution in [3.05, 3.63) is 42.0 Å². The third kappa shape index (κ3) is 3.63. The summed E-state index contributed by atoms with van der Waals surface area (Å²) < 4.78 is 0. The second kappa shape index (κ2) is 6.09. The van der Waals surface area contributed by atoms with Crippen molar-refractivity contribution < 1.29 is 4.79 Å². The minimum absolute atomic E-state index is 0.0477. The number of amides is 1. The number of allylic oxidation sites excluding steroid dienone is 1. The standard InChI is InChI=1S/C14H20N2O/c1-4-5-6-9-16(3)14(17)13-8-7-12(15)10-11(13)2/h4,7-8,10H,1,5-6,9,15H2,2-3H3. The van der Waals surface area contributed by atoms with Gasteiger partial charge in [-0.15, -0.1) is 6.58 Å². The number of benzene rings is 1. The molecule has 0 fully saturated rings. The van der Waals surface area contributed by atoms with E-state index in [1.807, 2.05) is 26.1 Å². The number of aryl methyl sites for hydroxylation is 1. The van der Waals surface area contributed by atoms with Crippen LogP contribution in [0.2, 0.25) is 0 Å². The molecule has 3 nitrogen and oxygen atoms in total. The second-order valence-corrected chi connectivity index (χ2v) is 4.23. The van der Waals surface area contributed by atoms with E-state index < -0.39 is 0 Å². The van der Waals surface area contributed by atoms with Crippen LogP contribution >= 0.6 is 0 Å². The number of anilines is 1. The van der Waals surface area contributed by atoms with E-state index in [9.17, 15) is 4.79 Å². The van der Waals surface area contributed by atoms with E-state index >= 15 is 0 Å². The molecule has 2 N–H and O–H groups in total. The fraction of sp³-hybridized carbons (Fsp3) is 0.357. The molecule has 92 valence electrons. The summed E-state index contributed by atoms with van der Waals surface area (Å²) in [5.41, 5.74) is 8.00. The number of unbranched alkanes of at least 4 members (excludes halogenated alkanes) is 1. The molecule has 1 aromatic rings. The normalized spacial score (nSPS) is 10.0. The van der Waals surface area contributed by atoms with Crippen molar-refractivity contribution in [3.8, 4) is 0 Å². The third-order valence-electron chi connectivity index (χ3n) is 2.73. The van der Waals surface area contributed by atoms with Gasteiger partial charge in [-0.05, 0) is 43.5 Å². The molecule has 17 heavy (non-hydrogen) atoms. The molecule has 0 heterocycles. The van der Waals surface area contributed by atoms with Crippen LogP contribution < -0.4 is 5.73 Å². The maximum absolute atomic E-state index is 12.1. The van der Waals surface area contributed by atoms with Crippen molar-refractivity contribution in [1.29, 1.82) is 0 Å². The second-order valence-electron chi connectivity index (χ2n) is 4.23. The van der Waals surface area contributed by atoms with E-state index in [4.69, 9.17) is 5.73 Å². The monoisotopic (exact) mass is 232 g/mol. The fourth-order valence-corrected chi connectivity index (χ4v) is 1.71. The summed E-state index contributed by atoms with van der Waals surface area (Å²) in [6.45, 7) is 6.32. The maximum atomic E-state index is 12.1. The average molecular weight is 232 g/mol. The highest BCUT2D eigenvalue weighted by molar-refractivity contribution is 5.95. The van der Waals surface area contributed by atoms with E-state index in [2.05, 4.69) is 6.58 Å². The Balaban J connectivity index is 2.71. The maximum Gasteiger partial charge on any atom is 0.253 e. The van der Waals surface area contributed by atoms with Crippen molar-refractivity contribution >= 4 is 11.6 Å². The lowest BCUT2D eigenvalue weighted by Crippen LogP contribution is -2.28. The molecule has 0 saturated carbocycles. The van der Waals surface area contributed by atoms with Gasteiger partial charge in [-0.25, -0.2) is 0 Å². The Labute approximate surface area is 103 Å². The Morgan fingerprint density at radius 1 is 1.53 bits per heavy atom. The highest BCUT2D eigenvalue weighted by Gasteiger charge is 2.13. The predicted molar refractivity (Wildman–Crippen MR) is 72.0 cm³/mol. The Hall–Kier alpha value is -1.77. The van der Waals surface area contributed by atoms with Gasteiger partial charge in [0.1, 0.15) is 0 Å². The molecule has 0 saturated heterocycles. The molecular formula is C14H20N2O. The van der Waals surface area contributed by atoms with Crippen LogP contribution in [-0.4, -0.2) is 24.4 Å². The lowest BCUT2D eigenvalue weighted by molar-refractivity contribution is 0.0793. The summed E-state index contributed by atoms with van der Waals surface area (Å²) in [6.07, 6.45) is 3.74. The molecule has 0 radical (unpaired) electrons. The van der Waals surface area contributed by atoms with Gasteiger partial charge in [-0.1, -0.05) is 6.08 Å². The van der Waals surface area contributed by atoms with E-state index in [-0.39, 0.29) is 5.91 Å². The predicted octanol–water partition coefficient (Wildman–Crippen LogP) is 2.62. The first-order valence-electron chi connectivity index (χ1n) is 5.78. The van der Waals surface area contributed by atoms with Gasteiger partial charge in [0.15, 0.2) is 0 Å². The SMILES string of the molecule is C=CCCCN(C)C(=O)c1ccc(N)cc1C. The number of nitrogens with zero attached hydrogens (tertiary/aromatic N) is 1. The van der Waals surface area contributed by atoms with Gasteiger partial charge in [0.25, 0.3) is 5.91 Å². The zero-order valence-corrected chi connectivity index (χ0v) is 10.6. The lowest BCUT2D eigenvalue weighted by Gasteiger charge is -2.18.